The normalized spacial score (nSPS) is 14.6. The van der Waals surface area contributed by atoms with E-state index in [4.69, 9.17) is 0 Å². The molecule has 1 aliphatic rings. The van der Waals surface area contributed by atoms with Crippen LogP contribution in [0.1, 0.15) is 39.1 Å². The lowest BCUT2D eigenvalue weighted by molar-refractivity contribution is 0.0684. The molecule has 1 N–H and O–H groups in total. The number of carbonyl (C=O) groups excluding carboxylic acids is 2. The van der Waals surface area contributed by atoms with Crippen LogP contribution in [0.2, 0.25) is 0 Å². The van der Waals surface area contributed by atoms with Gasteiger partial charge >= 0.3 is 0 Å². The number of nitrogens with zero attached hydrogens (tertiary/aromatic N) is 5. The van der Waals surface area contributed by atoms with E-state index in [1.165, 1.54) is 0 Å². The first-order chi connectivity index (χ1) is 14.6. The zero-order valence-electron chi connectivity index (χ0n) is 17.1. The number of piperidine rings is 1. The summed E-state index contributed by atoms with van der Waals surface area (Å²) in [6.45, 7) is 2.73. The molecule has 156 valence electrons. The van der Waals surface area contributed by atoms with Gasteiger partial charge in [-0.2, -0.15) is 10.2 Å². The summed E-state index contributed by atoms with van der Waals surface area (Å²) < 4.78 is 3.47. The van der Waals surface area contributed by atoms with Gasteiger partial charge in [-0.05, 0) is 42.5 Å². The van der Waals surface area contributed by atoms with Crippen LogP contribution in [-0.4, -0.2) is 55.9 Å². The molecule has 0 unspecified atom stereocenters. The fourth-order valence-corrected chi connectivity index (χ4v) is 3.73. The Morgan fingerprint density at radius 2 is 1.87 bits per heavy atom. The van der Waals surface area contributed by atoms with E-state index >= 15 is 0 Å². The van der Waals surface area contributed by atoms with Gasteiger partial charge < -0.3 is 10.2 Å². The summed E-state index contributed by atoms with van der Waals surface area (Å²) in [4.78, 5) is 26.9. The monoisotopic (exact) mass is 406 g/mol. The standard InChI is InChI=1S/C22H26N6O2/c1-26-16-20(14-25-26)21(29)23-13-17-7-11-27(12-8-17)22(30)19-5-3-18(4-6-19)15-28-10-2-9-24-28/h2-6,9-10,14,16-17H,7-8,11-13,15H2,1H3,(H,23,29). The average Bonchev–Trinajstić information content (AvgIpc) is 3.44. The summed E-state index contributed by atoms with van der Waals surface area (Å²) in [6, 6.07) is 9.64. The SMILES string of the molecule is Cn1cc(C(=O)NCC2CCN(C(=O)c3ccc(Cn4cccn4)cc3)CC2)cn1. The molecule has 30 heavy (non-hydrogen) atoms. The van der Waals surface area contributed by atoms with Crippen LogP contribution >= 0.6 is 0 Å². The van der Waals surface area contributed by atoms with E-state index in [-0.39, 0.29) is 11.8 Å². The Morgan fingerprint density at radius 3 is 2.50 bits per heavy atom. The number of hydrogen-bond acceptors (Lipinski definition) is 4. The summed E-state index contributed by atoms with van der Waals surface area (Å²) in [5.41, 5.74) is 2.39. The lowest BCUT2D eigenvalue weighted by atomic mass is 9.96. The van der Waals surface area contributed by atoms with Crippen molar-refractivity contribution < 1.29 is 9.59 Å². The second-order valence-corrected chi connectivity index (χ2v) is 7.75. The molecule has 1 aromatic carbocycles. The van der Waals surface area contributed by atoms with E-state index in [2.05, 4.69) is 15.5 Å². The third-order valence-electron chi connectivity index (χ3n) is 5.52. The summed E-state index contributed by atoms with van der Waals surface area (Å²) >= 11 is 0. The molecule has 3 aromatic rings. The largest absolute Gasteiger partial charge is 0.352 e. The third kappa shape index (κ3) is 4.76. The van der Waals surface area contributed by atoms with Gasteiger partial charge in [0, 0.05) is 50.8 Å². The number of likely N-dealkylation sites (tertiary alicyclic amines) is 1. The minimum Gasteiger partial charge on any atom is -0.352 e. The predicted molar refractivity (Wildman–Crippen MR) is 112 cm³/mol. The van der Waals surface area contributed by atoms with Gasteiger partial charge in [0.2, 0.25) is 0 Å². The van der Waals surface area contributed by atoms with Crippen molar-refractivity contribution in [2.75, 3.05) is 19.6 Å². The smallest absolute Gasteiger partial charge is 0.254 e. The Morgan fingerprint density at radius 1 is 1.10 bits per heavy atom. The first-order valence-corrected chi connectivity index (χ1v) is 10.2. The minimum absolute atomic E-state index is 0.0680. The maximum atomic E-state index is 12.8. The molecule has 0 radical (unpaired) electrons. The van der Waals surface area contributed by atoms with Crippen molar-refractivity contribution in [3.8, 4) is 0 Å². The quantitative estimate of drug-likeness (QED) is 0.678. The Hall–Kier alpha value is -3.42. The fraction of sp³-hybridized carbons (Fsp3) is 0.364. The van der Waals surface area contributed by atoms with Crippen molar-refractivity contribution in [1.82, 2.24) is 29.8 Å². The van der Waals surface area contributed by atoms with Crippen molar-refractivity contribution in [2.45, 2.75) is 19.4 Å². The van der Waals surface area contributed by atoms with Gasteiger partial charge in [0.15, 0.2) is 0 Å². The van der Waals surface area contributed by atoms with Gasteiger partial charge in [-0.3, -0.25) is 19.0 Å². The van der Waals surface area contributed by atoms with Gasteiger partial charge in [-0.15, -0.1) is 0 Å². The summed E-state index contributed by atoms with van der Waals surface area (Å²) in [5, 5.41) is 11.2. The van der Waals surface area contributed by atoms with Gasteiger partial charge in [0.25, 0.3) is 11.8 Å². The molecule has 8 nitrogen and oxygen atoms in total. The van der Waals surface area contributed by atoms with E-state index in [1.54, 1.807) is 30.3 Å². The van der Waals surface area contributed by atoms with Crippen molar-refractivity contribution in [2.24, 2.45) is 13.0 Å². The number of hydrogen-bond donors (Lipinski definition) is 1. The molecule has 0 spiro atoms. The van der Waals surface area contributed by atoms with Gasteiger partial charge in [-0.25, -0.2) is 0 Å². The molecule has 1 fully saturated rings. The van der Waals surface area contributed by atoms with Gasteiger partial charge in [0.05, 0.1) is 18.3 Å². The number of rotatable bonds is 6. The van der Waals surface area contributed by atoms with E-state index < -0.39 is 0 Å². The van der Waals surface area contributed by atoms with E-state index in [0.29, 0.717) is 43.2 Å². The number of nitrogens with one attached hydrogen (secondary N) is 1. The zero-order chi connectivity index (χ0) is 20.9. The molecule has 1 saturated heterocycles. The molecule has 2 amide bonds. The molecule has 3 heterocycles. The second-order valence-electron chi connectivity index (χ2n) is 7.75. The van der Waals surface area contributed by atoms with Crippen LogP contribution in [0, 0.1) is 5.92 Å². The van der Waals surface area contributed by atoms with Crippen LogP contribution in [0.3, 0.4) is 0 Å². The first kappa shape index (κ1) is 19.9. The van der Waals surface area contributed by atoms with Gasteiger partial charge in [-0.1, -0.05) is 12.1 Å². The maximum absolute atomic E-state index is 12.8. The maximum Gasteiger partial charge on any atom is 0.254 e. The molecule has 2 aromatic heterocycles. The van der Waals surface area contributed by atoms with Gasteiger partial charge in [0.1, 0.15) is 0 Å². The van der Waals surface area contributed by atoms with Crippen molar-refractivity contribution in [3.63, 3.8) is 0 Å². The lowest BCUT2D eigenvalue weighted by Crippen LogP contribution is -2.41. The van der Waals surface area contributed by atoms with Crippen LogP contribution in [0.25, 0.3) is 0 Å². The first-order valence-electron chi connectivity index (χ1n) is 10.2. The molecule has 0 bridgehead atoms. The lowest BCUT2D eigenvalue weighted by Gasteiger charge is -2.32. The Kier molecular flexibility index (Phi) is 5.92. The molecule has 0 saturated carbocycles. The second kappa shape index (κ2) is 8.94. The van der Waals surface area contributed by atoms with Crippen LogP contribution in [0.15, 0.2) is 55.1 Å². The number of aryl methyl sites for hydroxylation is 1. The number of aromatic nitrogens is 4. The highest BCUT2D eigenvalue weighted by Gasteiger charge is 2.24. The predicted octanol–water partition coefficient (Wildman–Crippen LogP) is 1.95. The molecule has 8 heteroatoms. The van der Waals surface area contributed by atoms with Crippen LogP contribution in [-0.2, 0) is 13.6 Å². The highest BCUT2D eigenvalue weighted by molar-refractivity contribution is 5.94. The minimum atomic E-state index is -0.100. The summed E-state index contributed by atoms with van der Waals surface area (Å²) in [5.74, 6) is 0.349. The zero-order valence-corrected chi connectivity index (χ0v) is 17.1. The molecular formula is C22H26N6O2. The van der Waals surface area contributed by atoms with E-state index in [9.17, 15) is 9.59 Å². The fourth-order valence-electron chi connectivity index (χ4n) is 3.73. The Balaban J connectivity index is 1.24. The van der Waals surface area contributed by atoms with Crippen LogP contribution in [0.5, 0.6) is 0 Å². The summed E-state index contributed by atoms with van der Waals surface area (Å²) in [7, 11) is 1.79. The average molecular weight is 406 g/mol. The van der Waals surface area contributed by atoms with Crippen molar-refractivity contribution >= 4 is 11.8 Å². The topological polar surface area (TPSA) is 85.0 Å². The number of carbonyl (C=O) groups is 2. The van der Waals surface area contributed by atoms with Crippen molar-refractivity contribution in [3.05, 3.63) is 71.8 Å². The summed E-state index contributed by atoms with van der Waals surface area (Å²) in [6.07, 6.45) is 8.72. The molecule has 1 aliphatic heterocycles. The van der Waals surface area contributed by atoms with Crippen molar-refractivity contribution in [1.29, 1.82) is 0 Å². The highest BCUT2D eigenvalue weighted by atomic mass is 16.2. The molecule has 4 rings (SSSR count). The van der Waals surface area contributed by atoms with E-state index in [0.717, 1.165) is 18.4 Å². The van der Waals surface area contributed by atoms with Crippen LogP contribution in [0.4, 0.5) is 0 Å². The number of amides is 2. The highest BCUT2D eigenvalue weighted by Crippen LogP contribution is 2.19. The van der Waals surface area contributed by atoms with E-state index in [1.807, 2.05) is 46.1 Å². The molecule has 0 aliphatic carbocycles. The van der Waals surface area contributed by atoms with Crippen LogP contribution < -0.4 is 5.32 Å². The Bertz CT molecular complexity index is 985. The Labute approximate surface area is 175 Å². The third-order valence-corrected chi connectivity index (χ3v) is 5.52. The molecular weight excluding hydrogens is 380 g/mol. The number of benzene rings is 1. The molecule has 0 atom stereocenters.